The largest absolute Gasteiger partial charge is 0.504 e. The number of phenols is 1. The van der Waals surface area contributed by atoms with Gasteiger partial charge in [0.1, 0.15) is 0 Å². The third kappa shape index (κ3) is 2.40. The molecule has 2 aromatic carbocycles. The Morgan fingerprint density at radius 2 is 1.54 bits per heavy atom. The first-order valence-corrected chi connectivity index (χ1v) is 8.74. The van der Waals surface area contributed by atoms with E-state index in [-0.39, 0.29) is 36.6 Å². The molecule has 136 valence electrons. The lowest BCUT2D eigenvalue weighted by atomic mass is 9.85. The van der Waals surface area contributed by atoms with Crippen LogP contribution in [0.5, 0.6) is 23.0 Å². The van der Waals surface area contributed by atoms with Crippen LogP contribution in [0.4, 0.5) is 0 Å². The highest BCUT2D eigenvalue weighted by Crippen LogP contribution is 2.51. The minimum absolute atomic E-state index is 0.0153. The van der Waals surface area contributed by atoms with Crippen LogP contribution < -0.4 is 14.2 Å². The van der Waals surface area contributed by atoms with Crippen molar-refractivity contribution >= 4 is 0 Å². The quantitative estimate of drug-likeness (QED) is 0.911. The van der Waals surface area contributed by atoms with Gasteiger partial charge in [0.2, 0.25) is 6.79 Å². The van der Waals surface area contributed by atoms with Crippen molar-refractivity contribution in [2.45, 2.75) is 12.2 Å². The molecular weight excluding hydrogens is 336 g/mol. The Hall–Kier alpha value is -2.44. The highest BCUT2D eigenvalue weighted by atomic mass is 16.7. The van der Waals surface area contributed by atoms with Crippen LogP contribution in [-0.2, 0) is 9.47 Å². The van der Waals surface area contributed by atoms with Crippen LogP contribution in [0.25, 0.3) is 0 Å². The molecule has 2 saturated heterocycles. The van der Waals surface area contributed by atoms with E-state index in [1.807, 2.05) is 30.3 Å². The molecule has 0 amide bonds. The van der Waals surface area contributed by atoms with Crippen molar-refractivity contribution in [3.63, 3.8) is 0 Å². The average molecular weight is 356 g/mol. The molecule has 0 aliphatic carbocycles. The maximum absolute atomic E-state index is 9.82. The molecule has 5 rings (SSSR count). The topological polar surface area (TPSA) is 66.4 Å². The normalized spacial score (nSPS) is 29.0. The van der Waals surface area contributed by atoms with E-state index in [1.165, 1.54) is 0 Å². The Morgan fingerprint density at radius 3 is 2.27 bits per heavy atom. The van der Waals surface area contributed by atoms with E-state index in [1.54, 1.807) is 13.2 Å². The zero-order valence-corrected chi connectivity index (χ0v) is 14.4. The lowest BCUT2D eigenvalue weighted by molar-refractivity contribution is 0.0191. The van der Waals surface area contributed by atoms with Gasteiger partial charge in [-0.3, -0.25) is 0 Å². The average Bonchev–Trinajstić information content (AvgIpc) is 3.37. The summed E-state index contributed by atoms with van der Waals surface area (Å²) in [6.45, 7) is 1.54. The maximum Gasteiger partial charge on any atom is 0.231 e. The molecule has 2 fully saturated rings. The third-order valence-corrected chi connectivity index (χ3v) is 5.52. The Bertz CT molecular complexity index is 810. The van der Waals surface area contributed by atoms with E-state index < -0.39 is 0 Å². The van der Waals surface area contributed by atoms with Gasteiger partial charge in [0.25, 0.3) is 0 Å². The van der Waals surface area contributed by atoms with Crippen LogP contribution >= 0.6 is 0 Å². The number of phenolic OH excluding ortho intramolecular Hbond substituents is 1. The second-order valence-electron chi connectivity index (χ2n) is 6.88. The van der Waals surface area contributed by atoms with Crippen molar-refractivity contribution in [2.24, 2.45) is 11.8 Å². The molecule has 0 saturated carbocycles. The van der Waals surface area contributed by atoms with Gasteiger partial charge >= 0.3 is 0 Å². The fourth-order valence-corrected chi connectivity index (χ4v) is 4.20. The Labute approximate surface area is 151 Å². The van der Waals surface area contributed by atoms with Crippen LogP contribution in [0, 0.1) is 11.8 Å². The van der Waals surface area contributed by atoms with Crippen LogP contribution in [0.2, 0.25) is 0 Å². The first-order valence-electron chi connectivity index (χ1n) is 8.74. The van der Waals surface area contributed by atoms with Gasteiger partial charge in [-0.2, -0.15) is 0 Å². The van der Waals surface area contributed by atoms with Gasteiger partial charge in [-0.05, 0) is 35.4 Å². The number of hydrogen-bond donors (Lipinski definition) is 1. The van der Waals surface area contributed by atoms with Crippen LogP contribution in [-0.4, -0.2) is 32.2 Å². The lowest BCUT2D eigenvalue weighted by Gasteiger charge is -2.17. The van der Waals surface area contributed by atoms with Crippen molar-refractivity contribution in [3.8, 4) is 23.0 Å². The molecule has 0 radical (unpaired) electrons. The molecule has 2 aromatic rings. The van der Waals surface area contributed by atoms with E-state index in [0.29, 0.717) is 19.0 Å². The zero-order chi connectivity index (χ0) is 17.7. The number of methoxy groups -OCH3 is 1. The van der Waals surface area contributed by atoms with Crippen molar-refractivity contribution in [2.75, 3.05) is 27.1 Å². The molecule has 6 nitrogen and oxygen atoms in total. The van der Waals surface area contributed by atoms with Gasteiger partial charge in [-0.25, -0.2) is 0 Å². The van der Waals surface area contributed by atoms with Gasteiger partial charge < -0.3 is 28.8 Å². The zero-order valence-electron chi connectivity index (χ0n) is 14.4. The Balaban J connectivity index is 1.40. The molecule has 2 unspecified atom stereocenters. The maximum atomic E-state index is 9.82. The standard InChI is InChI=1S/C20H20O6/c1-22-17-6-11(2-4-15(17)21)19-13-8-24-20(14(13)9-23-19)12-3-5-16-18(7-12)26-10-25-16/h2-7,13-14,19-21H,8-10H2,1H3/t13-,14-,19?,20?/m1/s1. The fraction of sp³-hybridized carbons (Fsp3) is 0.400. The monoisotopic (exact) mass is 356 g/mol. The molecule has 0 spiro atoms. The number of aromatic hydroxyl groups is 1. The first kappa shape index (κ1) is 15.8. The summed E-state index contributed by atoms with van der Waals surface area (Å²) in [5, 5.41) is 9.82. The summed E-state index contributed by atoms with van der Waals surface area (Å²) in [7, 11) is 1.55. The molecule has 26 heavy (non-hydrogen) atoms. The van der Waals surface area contributed by atoms with E-state index in [4.69, 9.17) is 23.7 Å². The minimum Gasteiger partial charge on any atom is -0.504 e. The number of ether oxygens (including phenoxy) is 5. The summed E-state index contributed by atoms with van der Waals surface area (Å²) in [6.07, 6.45) is -0.0768. The van der Waals surface area contributed by atoms with Crippen LogP contribution in [0.1, 0.15) is 23.3 Å². The predicted molar refractivity (Wildman–Crippen MR) is 91.6 cm³/mol. The molecule has 3 aliphatic heterocycles. The summed E-state index contributed by atoms with van der Waals surface area (Å²) < 4.78 is 28.4. The molecule has 3 heterocycles. The van der Waals surface area contributed by atoms with Gasteiger partial charge in [0.15, 0.2) is 23.0 Å². The van der Waals surface area contributed by atoms with Crippen molar-refractivity contribution in [1.82, 2.24) is 0 Å². The Kier molecular flexibility index (Phi) is 3.69. The smallest absolute Gasteiger partial charge is 0.231 e. The molecule has 3 aliphatic rings. The number of hydrogen-bond acceptors (Lipinski definition) is 6. The number of fused-ring (bicyclic) bond motifs is 2. The van der Waals surface area contributed by atoms with Gasteiger partial charge in [-0.1, -0.05) is 12.1 Å². The second-order valence-corrected chi connectivity index (χ2v) is 6.88. The first-order chi connectivity index (χ1) is 12.7. The molecule has 0 bridgehead atoms. The van der Waals surface area contributed by atoms with E-state index in [0.717, 1.165) is 22.6 Å². The van der Waals surface area contributed by atoms with E-state index in [2.05, 4.69) is 0 Å². The summed E-state index contributed by atoms with van der Waals surface area (Å²) >= 11 is 0. The van der Waals surface area contributed by atoms with Crippen molar-refractivity contribution in [3.05, 3.63) is 47.5 Å². The third-order valence-electron chi connectivity index (χ3n) is 5.52. The molecule has 4 atom stereocenters. The SMILES string of the molecule is COc1cc(C2OC[C@H]3C(c4ccc5c(c4)OCO5)OC[C@@H]23)ccc1O. The number of rotatable bonds is 3. The summed E-state index contributed by atoms with van der Waals surface area (Å²) in [4.78, 5) is 0. The lowest BCUT2D eigenvalue weighted by Crippen LogP contribution is -2.14. The van der Waals surface area contributed by atoms with Gasteiger partial charge in [0.05, 0.1) is 32.5 Å². The molecule has 1 N–H and O–H groups in total. The van der Waals surface area contributed by atoms with E-state index >= 15 is 0 Å². The summed E-state index contributed by atoms with van der Waals surface area (Å²) in [5.41, 5.74) is 2.09. The molecular formula is C20H20O6. The second kappa shape index (κ2) is 6.07. The fourth-order valence-electron chi connectivity index (χ4n) is 4.20. The van der Waals surface area contributed by atoms with Crippen LogP contribution in [0.3, 0.4) is 0 Å². The van der Waals surface area contributed by atoms with Crippen molar-refractivity contribution < 1.29 is 28.8 Å². The number of benzene rings is 2. The summed E-state index contributed by atoms with van der Waals surface area (Å²) in [5.74, 6) is 2.68. The predicted octanol–water partition coefficient (Wildman–Crippen LogP) is 3.20. The van der Waals surface area contributed by atoms with Gasteiger partial charge in [-0.15, -0.1) is 0 Å². The highest BCUT2D eigenvalue weighted by molar-refractivity contribution is 5.46. The molecule has 0 aromatic heterocycles. The van der Waals surface area contributed by atoms with E-state index in [9.17, 15) is 5.11 Å². The van der Waals surface area contributed by atoms with Crippen LogP contribution in [0.15, 0.2) is 36.4 Å². The summed E-state index contributed by atoms with van der Waals surface area (Å²) in [6, 6.07) is 11.4. The molecule has 6 heteroatoms. The van der Waals surface area contributed by atoms with Gasteiger partial charge in [0, 0.05) is 11.8 Å². The van der Waals surface area contributed by atoms with Crippen molar-refractivity contribution in [1.29, 1.82) is 0 Å². The Morgan fingerprint density at radius 1 is 0.885 bits per heavy atom. The highest BCUT2D eigenvalue weighted by Gasteiger charge is 2.48. The minimum atomic E-state index is -0.0616.